The lowest BCUT2D eigenvalue weighted by Gasteiger charge is -2.46. The molecule has 0 bridgehead atoms. The van der Waals surface area contributed by atoms with E-state index in [2.05, 4.69) is 37.9 Å². The van der Waals surface area contributed by atoms with E-state index >= 15 is 0 Å². The van der Waals surface area contributed by atoms with Crippen molar-refractivity contribution in [1.29, 1.82) is 0 Å². The molecular formula is C16H34N2O2. The second-order valence-electron chi connectivity index (χ2n) is 6.65. The molecule has 1 fully saturated rings. The van der Waals surface area contributed by atoms with Crippen LogP contribution in [0.5, 0.6) is 0 Å². The molecule has 0 spiro atoms. The number of ether oxygens (including phenoxy) is 2. The maximum Gasteiger partial charge on any atom is 0.0593 e. The van der Waals surface area contributed by atoms with Gasteiger partial charge in [-0.25, -0.2) is 0 Å². The average Bonchev–Trinajstić information content (AvgIpc) is 2.41. The molecule has 0 radical (unpaired) electrons. The summed E-state index contributed by atoms with van der Waals surface area (Å²) < 4.78 is 10.8. The lowest BCUT2D eigenvalue weighted by atomic mass is 9.91. The molecule has 1 N–H and O–H groups in total. The third kappa shape index (κ3) is 6.08. The van der Waals surface area contributed by atoms with Crippen molar-refractivity contribution >= 4 is 0 Å². The Morgan fingerprint density at radius 2 is 2.05 bits per heavy atom. The number of hydrogen-bond acceptors (Lipinski definition) is 4. The van der Waals surface area contributed by atoms with E-state index in [1.165, 1.54) is 6.42 Å². The smallest absolute Gasteiger partial charge is 0.0593 e. The van der Waals surface area contributed by atoms with Crippen LogP contribution in [0.4, 0.5) is 0 Å². The minimum atomic E-state index is 0.208. The molecule has 4 nitrogen and oxygen atoms in total. The number of nitrogens with one attached hydrogen (secondary N) is 1. The summed E-state index contributed by atoms with van der Waals surface area (Å²) in [5.41, 5.74) is 0.208. The van der Waals surface area contributed by atoms with Gasteiger partial charge in [-0.1, -0.05) is 20.3 Å². The molecule has 0 amide bonds. The quantitative estimate of drug-likeness (QED) is 0.659. The number of methoxy groups -OCH3 is 1. The van der Waals surface area contributed by atoms with Gasteiger partial charge >= 0.3 is 0 Å². The maximum atomic E-state index is 5.73. The number of piperazine rings is 1. The van der Waals surface area contributed by atoms with Crippen LogP contribution >= 0.6 is 0 Å². The van der Waals surface area contributed by atoms with Crippen LogP contribution in [-0.2, 0) is 9.47 Å². The van der Waals surface area contributed by atoms with Crippen LogP contribution in [0.1, 0.15) is 40.5 Å². The zero-order valence-corrected chi connectivity index (χ0v) is 14.1. The highest BCUT2D eigenvalue weighted by atomic mass is 16.5. The summed E-state index contributed by atoms with van der Waals surface area (Å²) in [5, 5.41) is 3.67. The minimum Gasteiger partial charge on any atom is -0.385 e. The first-order chi connectivity index (χ1) is 9.50. The maximum absolute atomic E-state index is 5.73. The fourth-order valence-corrected chi connectivity index (χ4v) is 2.86. The third-order valence-corrected chi connectivity index (χ3v) is 4.32. The Bertz CT molecular complexity index is 259. The van der Waals surface area contributed by atoms with Crippen molar-refractivity contribution in [2.24, 2.45) is 5.92 Å². The van der Waals surface area contributed by atoms with Crippen LogP contribution in [-0.4, -0.2) is 63.0 Å². The monoisotopic (exact) mass is 286 g/mol. The fraction of sp³-hybridized carbons (Fsp3) is 1.00. The van der Waals surface area contributed by atoms with Gasteiger partial charge in [0.05, 0.1) is 6.61 Å². The van der Waals surface area contributed by atoms with E-state index in [4.69, 9.17) is 9.47 Å². The minimum absolute atomic E-state index is 0.208. The van der Waals surface area contributed by atoms with E-state index in [0.29, 0.717) is 6.04 Å². The van der Waals surface area contributed by atoms with Gasteiger partial charge in [0, 0.05) is 51.5 Å². The molecule has 1 aliphatic heterocycles. The summed E-state index contributed by atoms with van der Waals surface area (Å²) in [6.45, 7) is 14.8. The van der Waals surface area contributed by atoms with Crippen LogP contribution in [0.25, 0.3) is 0 Å². The Labute approximate surface area is 125 Å². The molecule has 1 rings (SSSR count). The molecule has 20 heavy (non-hydrogen) atoms. The highest BCUT2D eigenvalue weighted by Crippen LogP contribution is 2.21. The standard InChI is InChI=1S/C16H34N2O2/c1-6-14(2)15-12-17-16(3,4)13-18(15)8-11-20-10-7-9-19-5/h14-15,17H,6-13H2,1-5H3. The van der Waals surface area contributed by atoms with Gasteiger partial charge < -0.3 is 14.8 Å². The summed E-state index contributed by atoms with van der Waals surface area (Å²) in [7, 11) is 1.74. The summed E-state index contributed by atoms with van der Waals surface area (Å²) >= 11 is 0. The molecule has 0 saturated carbocycles. The molecule has 0 aliphatic carbocycles. The topological polar surface area (TPSA) is 33.7 Å². The Balaban J connectivity index is 2.36. The third-order valence-electron chi connectivity index (χ3n) is 4.32. The Morgan fingerprint density at radius 1 is 1.30 bits per heavy atom. The van der Waals surface area contributed by atoms with Crippen LogP contribution in [0.3, 0.4) is 0 Å². The summed E-state index contributed by atoms with van der Waals surface area (Å²) in [6.07, 6.45) is 2.22. The van der Waals surface area contributed by atoms with E-state index in [1.807, 2.05) is 0 Å². The van der Waals surface area contributed by atoms with E-state index in [-0.39, 0.29) is 5.54 Å². The number of nitrogens with zero attached hydrogens (tertiary/aromatic N) is 1. The van der Waals surface area contributed by atoms with E-state index in [1.54, 1.807) is 7.11 Å². The second-order valence-corrected chi connectivity index (χ2v) is 6.65. The first kappa shape index (κ1) is 17.9. The summed E-state index contributed by atoms with van der Waals surface area (Å²) in [6, 6.07) is 0.635. The van der Waals surface area contributed by atoms with Crippen molar-refractivity contribution < 1.29 is 9.47 Å². The van der Waals surface area contributed by atoms with Crippen molar-refractivity contribution in [3.63, 3.8) is 0 Å². The first-order valence-electron chi connectivity index (χ1n) is 8.06. The Hall–Kier alpha value is -0.160. The summed E-state index contributed by atoms with van der Waals surface area (Å²) in [5.74, 6) is 0.729. The van der Waals surface area contributed by atoms with Gasteiger partial charge in [0.15, 0.2) is 0 Å². The molecule has 1 heterocycles. The number of hydrogen-bond donors (Lipinski definition) is 1. The van der Waals surface area contributed by atoms with Crippen molar-refractivity contribution in [2.45, 2.75) is 52.1 Å². The van der Waals surface area contributed by atoms with E-state index in [0.717, 1.165) is 51.8 Å². The SMILES string of the molecule is CCC(C)C1CNC(C)(C)CN1CCOCCCOC. The normalized spacial score (nSPS) is 24.8. The highest BCUT2D eigenvalue weighted by molar-refractivity contribution is 4.93. The summed E-state index contributed by atoms with van der Waals surface area (Å²) in [4.78, 5) is 2.61. The van der Waals surface area contributed by atoms with E-state index < -0.39 is 0 Å². The molecule has 0 aromatic heterocycles. The van der Waals surface area contributed by atoms with Crippen molar-refractivity contribution in [3.8, 4) is 0 Å². The molecule has 1 aliphatic rings. The predicted molar refractivity (Wildman–Crippen MR) is 84.2 cm³/mol. The fourth-order valence-electron chi connectivity index (χ4n) is 2.86. The second kappa shape index (κ2) is 8.98. The van der Waals surface area contributed by atoms with Crippen LogP contribution in [0.15, 0.2) is 0 Å². The van der Waals surface area contributed by atoms with Crippen LogP contribution < -0.4 is 5.32 Å². The molecule has 120 valence electrons. The molecule has 0 aromatic rings. The van der Waals surface area contributed by atoms with E-state index in [9.17, 15) is 0 Å². The van der Waals surface area contributed by atoms with Gasteiger partial charge in [-0.05, 0) is 26.2 Å². The van der Waals surface area contributed by atoms with Crippen LogP contribution in [0.2, 0.25) is 0 Å². The van der Waals surface area contributed by atoms with Gasteiger partial charge in [0.2, 0.25) is 0 Å². The number of rotatable bonds is 9. The molecule has 2 unspecified atom stereocenters. The predicted octanol–water partition coefficient (Wildman–Crippen LogP) is 2.14. The van der Waals surface area contributed by atoms with Gasteiger partial charge in [-0.3, -0.25) is 4.90 Å². The van der Waals surface area contributed by atoms with Crippen LogP contribution in [0, 0.1) is 5.92 Å². The average molecular weight is 286 g/mol. The Morgan fingerprint density at radius 3 is 2.70 bits per heavy atom. The van der Waals surface area contributed by atoms with Crippen molar-refractivity contribution in [3.05, 3.63) is 0 Å². The Kier molecular flexibility index (Phi) is 8.03. The lowest BCUT2D eigenvalue weighted by molar-refractivity contribution is 0.0264. The largest absolute Gasteiger partial charge is 0.385 e. The lowest BCUT2D eigenvalue weighted by Crippen LogP contribution is -2.63. The van der Waals surface area contributed by atoms with Gasteiger partial charge in [-0.2, -0.15) is 0 Å². The zero-order valence-electron chi connectivity index (χ0n) is 14.1. The molecule has 0 aromatic carbocycles. The van der Waals surface area contributed by atoms with Crippen molar-refractivity contribution in [2.75, 3.05) is 46.6 Å². The highest BCUT2D eigenvalue weighted by Gasteiger charge is 2.34. The first-order valence-corrected chi connectivity index (χ1v) is 8.06. The molecule has 1 saturated heterocycles. The van der Waals surface area contributed by atoms with Gasteiger partial charge in [0.25, 0.3) is 0 Å². The van der Waals surface area contributed by atoms with Crippen molar-refractivity contribution in [1.82, 2.24) is 10.2 Å². The molecule has 2 atom stereocenters. The van der Waals surface area contributed by atoms with Gasteiger partial charge in [0.1, 0.15) is 0 Å². The molecule has 4 heteroatoms. The zero-order chi connectivity index (χ0) is 15.0. The van der Waals surface area contributed by atoms with Gasteiger partial charge in [-0.15, -0.1) is 0 Å². The molecular weight excluding hydrogens is 252 g/mol.